The molecule has 0 saturated carbocycles. The molecule has 1 aliphatic rings. The van der Waals surface area contributed by atoms with Gasteiger partial charge >= 0.3 is 0 Å². The Balaban J connectivity index is 1.31. The topological polar surface area (TPSA) is 68.5 Å². The van der Waals surface area contributed by atoms with E-state index in [1.54, 1.807) is 35.2 Å². The van der Waals surface area contributed by atoms with E-state index in [0.717, 1.165) is 0 Å². The summed E-state index contributed by atoms with van der Waals surface area (Å²) in [5.41, 5.74) is 0.237. The first kappa shape index (κ1) is 20.6. The maximum atomic E-state index is 14.1. The van der Waals surface area contributed by atoms with Crippen LogP contribution in [-0.4, -0.2) is 40.6 Å². The fourth-order valence-corrected chi connectivity index (χ4v) is 3.61. The third-order valence-corrected chi connectivity index (χ3v) is 5.47. The van der Waals surface area contributed by atoms with Crippen LogP contribution < -0.4 is 4.74 Å². The second-order valence-corrected chi connectivity index (χ2v) is 7.85. The standard InChI is InChI=1S/C21H18Cl2FN3O3/c22-14-1-4-16(5-2-14)29-12-19(28)27-9-7-13(8-10-27)21-25-20(26-30-21)17-6-3-15(23)11-18(17)24/h1-6,11,13H,7-10,12H2. The van der Waals surface area contributed by atoms with Crippen molar-refractivity contribution in [1.29, 1.82) is 0 Å². The summed E-state index contributed by atoms with van der Waals surface area (Å²) >= 11 is 11.6. The normalized spacial score (nSPS) is 14.7. The molecule has 1 aliphatic heterocycles. The first-order valence-corrected chi connectivity index (χ1v) is 10.2. The molecule has 1 saturated heterocycles. The highest BCUT2D eigenvalue weighted by molar-refractivity contribution is 6.30. The minimum absolute atomic E-state index is 0.0165. The fourth-order valence-electron chi connectivity index (χ4n) is 3.32. The van der Waals surface area contributed by atoms with E-state index in [0.29, 0.717) is 47.6 Å². The van der Waals surface area contributed by atoms with Gasteiger partial charge in [0.05, 0.1) is 5.56 Å². The Kier molecular flexibility index (Phi) is 6.20. The van der Waals surface area contributed by atoms with Gasteiger partial charge in [0.2, 0.25) is 11.7 Å². The van der Waals surface area contributed by atoms with Crippen molar-refractivity contribution >= 4 is 29.1 Å². The molecule has 0 radical (unpaired) electrons. The zero-order chi connectivity index (χ0) is 21.1. The van der Waals surface area contributed by atoms with Gasteiger partial charge in [-0.05, 0) is 55.3 Å². The summed E-state index contributed by atoms with van der Waals surface area (Å²) in [5.74, 6) is 0.657. The van der Waals surface area contributed by atoms with Gasteiger partial charge < -0.3 is 14.2 Å². The summed E-state index contributed by atoms with van der Waals surface area (Å²) in [6.07, 6.45) is 1.36. The Hall–Kier alpha value is -2.64. The number of ether oxygens (including phenoxy) is 1. The number of amides is 1. The highest BCUT2D eigenvalue weighted by Gasteiger charge is 2.28. The molecular weight excluding hydrogens is 432 g/mol. The van der Waals surface area contributed by atoms with E-state index in [2.05, 4.69) is 10.1 Å². The van der Waals surface area contributed by atoms with E-state index in [-0.39, 0.29) is 29.8 Å². The molecule has 156 valence electrons. The van der Waals surface area contributed by atoms with E-state index in [9.17, 15) is 9.18 Å². The van der Waals surface area contributed by atoms with Gasteiger partial charge in [-0.2, -0.15) is 4.98 Å². The molecule has 0 unspecified atom stereocenters. The van der Waals surface area contributed by atoms with E-state index in [1.165, 1.54) is 12.1 Å². The fraction of sp³-hybridized carbons (Fsp3) is 0.286. The number of nitrogens with zero attached hydrogens (tertiary/aromatic N) is 3. The average Bonchev–Trinajstić information content (AvgIpc) is 3.23. The van der Waals surface area contributed by atoms with Crippen LogP contribution in [0.15, 0.2) is 47.0 Å². The van der Waals surface area contributed by atoms with Crippen molar-refractivity contribution in [3.8, 4) is 17.1 Å². The van der Waals surface area contributed by atoms with Crippen molar-refractivity contribution in [2.24, 2.45) is 0 Å². The minimum Gasteiger partial charge on any atom is -0.484 e. The molecule has 0 N–H and O–H groups in total. The first-order chi connectivity index (χ1) is 14.5. The first-order valence-electron chi connectivity index (χ1n) is 9.45. The van der Waals surface area contributed by atoms with Crippen molar-refractivity contribution in [1.82, 2.24) is 15.0 Å². The molecule has 0 atom stereocenters. The number of carbonyl (C=O) groups excluding carboxylic acids is 1. The van der Waals surface area contributed by atoms with Gasteiger partial charge in [-0.25, -0.2) is 4.39 Å². The van der Waals surface area contributed by atoms with Gasteiger partial charge in [0.15, 0.2) is 6.61 Å². The molecule has 3 aromatic rings. The van der Waals surface area contributed by atoms with Crippen molar-refractivity contribution in [2.45, 2.75) is 18.8 Å². The Labute approximate surface area is 182 Å². The maximum Gasteiger partial charge on any atom is 0.260 e. The quantitative estimate of drug-likeness (QED) is 0.549. The predicted molar refractivity (Wildman–Crippen MR) is 110 cm³/mol. The van der Waals surface area contributed by atoms with Crippen LogP contribution >= 0.6 is 23.2 Å². The lowest BCUT2D eigenvalue weighted by Crippen LogP contribution is -2.40. The molecule has 1 amide bonds. The molecule has 4 rings (SSSR count). The Morgan fingerprint density at radius 1 is 1.13 bits per heavy atom. The largest absolute Gasteiger partial charge is 0.484 e. The van der Waals surface area contributed by atoms with Crippen molar-refractivity contribution < 1.29 is 18.4 Å². The smallest absolute Gasteiger partial charge is 0.260 e. The monoisotopic (exact) mass is 449 g/mol. The highest BCUT2D eigenvalue weighted by Crippen LogP contribution is 2.30. The Morgan fingerprint density at radius 3 is 2.53 bits per heavy atom. The van der Waals surface area contributed by atoms with E-state index >= 15 is 0 Å². The van der Waals surface area contributed by atoms with Crippen LogP contribution in [0.25, 0.3) is 11.4 Å². The molecule has 30 heavy (non-hydrogen) atoms. The van der Waals surface area contributed by atoms with Crippen molar-refractivity contribution in [3.05, 3.63) is 64.2 Å². The van der Waals surface area contributed by atoms with Crippen LogP contribution in [0.4, 0.5) is 4.39 Å². The van der Waals surface area contributed by atoms with Gasteiger partial charge in [-0.3, -0.25) is 4.79 Å². The van der Waals surface area contributed by atoms with Crippen LogP contribution in [0.5, 0.6) is 5.75 Å². The minimum atomic E-state index is -0.504. The molecule has 2 heterocycles. The number of rotatable bonds is 5. The van der Waals surface area contributed by atoms with Crippen LogP contribution in [-0.2, 0) is 4.79 Å². The molecule has 2 aromatic carbocycles. The Bertz CT molecular complexity index is 1030. The molecule has 1 aromatic heterocycles. The summed E-state index contributed by atoms with van der Waals surface area (Å²) < 4.78 is 25.0. The molecule has 1 fully saturated rings. The van der Waals surface area contributed by atoms with E-state index < -0.39 is 5.82 Å². The van der Waals surface area contributed by atoms with E-state index in [1.807, 2.05) is 0 Å². The number of benzene rings is 2. The number of carbonyl (C=O) groups is 1. The number of hydrogen-bond donors (Lipinski definition) is 0. The van der Waals surface area contributed by atoms with Gasteiger partial charge in [0.25, 0.3) is 5.91 Å². The summed E-state index contributed by atoms with van der Waals surface area (Å²) in [7, 11) is 0. The SMILES string of the molecule is O=C(COc1ccc(Cl)cc1)N1CCC(c2nc(-c3ccc(Cl)cc3F)no2)CC1. The summed E-state index contributed by atoms with van der Waals surface area (Å²) in [5, 5.41) is 4.81. The molecule has 6 nitrogen and oxygen atoms in total. The van der Waals surface area contributed by atoms with Crippen LogP contribution in [0.3, 0.4) is 0 Å². The second kappa shape index (κ2) is 9.02. The van der Waals surface area contributed by atoms with Crippen LogP contribution in [0, 0.1) is 5.82 Å². The van der Waals surface area contributed by atoms with Crippen molar-refractivity contribution in [3.63, 3.8) is 0 Å². The molecule has 0 spiro atoms. The van der Waals surface area contributed by atoms with Crippen LogP contribution in [0.1, 0.15) is 24.7 Å². The second-order valence-electron chi connectivity index (χ2n) is 6.98. The molecular formula is C21H18Cl2FN3O3. The number of likely N-dealkylation sites (tertiary alicyclic amines) is 1. The van der Waals surface area contributed by atoms with Gasteiger partial charge in [0, 0.05) is 29.1 Å². The third-order valence-electron chi connectivity index (χ3n) is 4.99. The van der Waals surface area contributed by atoms with Crippen molar-refractivity contribution in [2.75, 3.05) is 19.7 Å². The number of hydrogen-bond acceptors (Lipinski definition) is 5. The third kappa shape index (κ3) is 4.74. The summed E-state index contributed by atoms with van der Waals surface area (Å²) in [6, 6.07) is 11.2. The lowest BCUT2D eigenvalue weighted by Gasteiger charge is -2.30. The van der Waals surface area contributed by atoms with Gasteiger partial charge in [0.1, 0.15) is 11.6 Å². The van der Waals surface area contributed by atoms with Gasteiger partial charge in [-0.15, -0.1) is 0 Å². The van der Waals surface area contributed by atoms with E-state index in [4.69, 9.17) is 32.5 Å². The number of halogens is 3. The lowest BCUT2D eigenvalue weighted by molar-refractivity contribution is -0.134. The van der Waals surface area contributed by atoms with Gasteiger partial charge in [-0.1, -0.05) is 28.4 Å². The Morgan fingerprint density at radius 2 is 1.83 bits per heavy atom. The highest BCUT2D eigenvalue weighted by atomic mass is 35.5. The molecule has 0 aliphatic carbocycles. The summed E-state index contributed by atoms with van der Waals surface area (Å²) in [6.45, 7) is 1.08. The van der Waals surface area contributed by atoms with Crippen LogP contribution in [0.2, 0.25) is 10.0 Å². The average molecular weight is 450 g/mol. The number of aromatic nitrogens is 2. The zero-order valence-electron chi connectivity index (χ0n) is 15.9. The molecule has 0 bridgehead atoms. The number of piperidine rings is 1. The molecule has 9 heteroatoms. The maximum absolute atomic E-state index is 14.1. The predicted octanol–water partition coefficient (Wildman–Crippen LogP) is 4.97. The summed E-state index contributed by atoms with van der Waals surface area (Å²) in [4.78, 5) is 18.5. The lowest BCUT2D eigenvalue weighted by atomic mass is 9.97. The zero-order valence-corrected chi connectivity index (χ0v) is 17.4.